The Labute approximate surface area is 193 Å². The molecule has 7 nitrogen and oxygen atoms in total. The van der Waals surface area contributed by atoms with Gasteiger partial charge in [-0.25, -0.2) is 13.8 Å². The van der Waals surface area contributed by atoms with Crippen molar-refractivity contribution in [3.05, 3.63) is 82.1 Å². The highest BCUT2D eigenvalue weighted by Gasteiger charge is 2.22. The van der Waals surface area contributed by atoms with Gasteiger partial charge in [-0.05, 0) is 56.7 Å². The van der Waals surface area contributed by atoms with Crippen LogP contribution in [0.1, 0.15) is 22.5 Å². The predicted molar refractivity (Wildman–Crippen MR) is 129 cm³/mol. The number of benzene rings is 2. The summed E-state index contributed by atoms with van der Waals surface area (Å²) in [7, 11) is -3.71. The number of anilines is 1. The van der Waals surface area contributed by atoms with E-state index in [9.17, 15) is 13.2 Å². The van der Waals surface area contributed by atoms with Crippen LogP contribution >= 0.6 is 11.6 Å². The number of para-hydroxylation sites is 1. The molecule has 0 bridgehead atoms. The van der Waals surface area contributed by atoms with E-state index in [1.165, 1.54) is 6.07 Å². The van der Waals surface area contributed by atoms with Crippen molar-refractivity contribution < 1.29 is 13.2 Å². The molecule has 0 spiro atoms. The van der Waals surface area contributed by atoms with E-state index < -0.39 is 22.5 Å². The van der Waals surface area contributed by atoms with Crippen LogP contribution in [-0.2, 0) is 14.8 Å². The van der Waals surface area contributed by atoms with Gasteiger partial charge in [0, 0.05) is 27.7 Å². The first-order valence-corrected chi connectivity index (χ1v) is 12.1. The van der Waals surface area contributed by atoms with Gasteiger partial charge in [0.2, 0.25) is 10.0 Å². The molecule has 1 N–H and O–H groups in total. The van der Waals surface area contributed by atoms with Crippen LogP contribution in [0.15, 0.2) is 59.7 Å². The minimum absolute atomic E-state index is 0.352. The van der Waals surface area contributed by atoms with E-state index in [1.54, 1.807) is 25.3 Å². The zero-order chi connectivity index (χ0) is 23.5. The van der Waals surface area contributed by atoms with Gasteiger partial charge < -0.3 is 4.57 Å². The zero-order valence-electron chi connectivity index (χ0n) is 18.3. The summed E-state index contributed by atoms with van der Waals surface area (Å²) in [6, 6.07) is 16.8. The Bertz CT molecular complexity index is 1270. The third kappa shape index (κ3) is 5.38. The molecule has 0 radical (unpaired) electrons. The lowest BCUT2D eigenvalue weighted by atomic mass is 10.2. The number of carbonyl (C=O) groups excluding carboxylic acids is 1. The third-order valence-corrected chi connectivity index (χ3v) is 6.37. The van der Waals surface area contributed by atoms with Gasteiger partial charge in [0.25, 0.3) is 5.91 Å². The van der Waals surface area contributed by atoms with E-state index in [-0.39, 0.29) is 0 Å². The number of amides is 1. The van der Waals surface area contributed by atoms with Crippen molar-refractivity contribution >= 4 is 39.4 Å². The summed E-state index contributed by atoms with van der Waals surface area (Å²) in [5.74, 6) is -0.567. The molecule has 1 heterocycles. The van der Waals surface area contributed by atoms with Crippen LogP contribution in [0.4, 0.5) is 5.69 Å². The smallest absolute Gasteiger partial charge is 0.260 e. The van der Waals surface area contributed by atoms with Crippen LogP contribution in [0.25, 0.3) is 5.69 Å². The Morgan fingerprint density at radius 1 is 1.12 bits per heavy atom. The maximum Gasteiger partial charge on any atom is 0.260 e. The molecule has 0 aliphatic rings. The number of aromatic nitrogens is 1. The molecule has 0 unspecified atom stereocenters. The van der Waals surface area contributed by atoms with Gasteiger partial charge in [-0.15, -0.1) is 0 Å². The molecule has 0 atom stereocenters. The maximum atomic E-state index is 12.5. The van der Waals surface area contributed by atoms with Crippen LogP contribution in [-0.4, -0.2) is 37.9 Å². The fourth-order valence-electron chi connectivity index (χ4n) is 3.46. The number of rotatable bonds is 7. The Hall–Kier alpha value is -3.10. The number of hydrazone groups is 1. The van der Waals surface area contributed by atoms with Gasteiger partial charge in [0.15, 0.2) is 0 Å². The van der Waals surface area contributed by atoms with Gasteiger partial charge in [0.05, 0.1) is 18.2 Å². The predicted octanol–water partition coefficient (Wildman–Crippen LogP) is 3.97. The van der Waals surface area contributed by atoms with Crippen LogP contribution in [0.2, 0.25) is 5.02 Å². The molecule has 3 rings (SSSR count). The van der Waals surface area contributed by atoms with E-state index in [0.717, 1.165) is 33.2 Å². The molecule has 1 amide bonds. The molecule has 1 aromatic heterocycles. The number of aryl methyl sites for hydroxylation is 2. The fourth-order valence-corrected chi connectivity index (χ4v) is 4.54. The Morgan fingerprint density at radius 3 is 2.47 bits per heavy atom. The van der Waals surface area contributed by atoms with Gasteiger partial charge in [0.1, 0.15) is 6.54 Å². The molecule has 168 valence electrons. The van der Waals surface area contributed by atoms with Crippen molar-refractivity contribution in [3.63, 3.8) is 0 Å². The monoisotopic (exact) mass is 472 g/mol. The largest absolute Gasteiger partial charge is 0.318 e. The summed E-state index contributed by atoms with van der Waals surface area (Å²) in [4.78, 5) is 12.5. The van der Waals surface area contributed by atoms with Crippen molar-refractivity contribution in [1.82, 2.24) is 9.99 Å². The SMILES string of the molecule is Cc1ccc(Cl)cc1N(CC(=O)N/N=C\c1cc(C)n(-c2ccccc2)c1C)S(C)(=O)=O. The molecule has 0 aliphatic carbocycles. The minimum Gasteiger partial charge on any atom is -0.318 e. The van der Waals surface area contributed by atoms with Gasteiger partial charge in [-0.1, -0.05) is 35.9 Å². The highest BCUT2D eigenvalue weighted by Crippen LogP contribution is 2.26. The molecule has 0 aliphatic heterocycles. The fraction of sp³-hybridized carbons (Fsp3) is 0.217. The van der Waals surface area contributed by atoms with Crippen LogP contribution in [0.5, 0.6) is 0 Å². The van der Waals surface area contributed by atoms with E-state index in [1.807, 2.05) is 50.2 Å². The first-order chi connectivity index (χ1) is 15.1. The first kappa shape index (κ1) is 23.6. The van der Waals surface area contributed by atoms with E-state index in [0.29, 0.717) is 16.3 Å². The summed E-state index contributed by atoms with van der Waals surface area (Å²) >= 11 is 6.03. The molecule has 0 fully saturated rings. The van der Waals surface area contributed by atoms with Gasteiger partial charge in [-0.3, -0.25) is 9.10 Å². The number of carbonyl (C=O) groups is 1. The van der Waals surface area contributed by atoms with E-state index in [4.69, 9.17) is 11.6 Å². The zero-order valence-corrected chi connectivity index (χ0v) is 19.9. The molecule has 0 saturated carbocycles. The number of nitrogens with one attached hydrogen (secondary N) is 1. The average Bonchev–Trinajstić information content (AvgIpc) is 3.01. The highest BCUT2D eigenvalue weighted by atomic mass is 35.5. The standard InChI is InChI=1S/C23H25ClN4O3S/c1-16-10-11-20(24)13-22(16)27(32(4,30)31)15-23(29)26-25-14-19-12-17(2)28(18(19)3)21-8-6-5-7-9-21/h5-14H,15H2,1-4H3,(H,26,29)/b25-14-. The topological polar surface area (TPSA) is 83.8 Å². The lowest BCUT2D eigenvalue weighted by Crippen LogP contribution is -2.39. The second-order valence-electron chi connectivity index (χ2n) is 7.49. The molecule has 32 heavy (non-hydrogen) atoms. The lowest BCUT2D eigenvalue weighted by Gasteiger charge is -2.23. The van der Waals surface area contributed by atoms with Crippen molar-refractivity contribution in [1.29, 1.82) is 0 Å². The number of sulfonamides is 1. The maximum absolute atomic E-state index is 12.5. The quantitative estimate of drug-likeness (QED) is 0.417. The van der Waals surface area contributed by atoms with Crippen LogP contribution in [0, 0.1) is 20.8 Å². The molecule has 2 aromatic carbocycles. The number of hydrogen-bond acceptors (Lipinski definition) is 4. The number of hydrogen-bond donors (Lipinski definition) is 1. The molecule has 3 aromatic rings. The van der Waals surface area contributed by atoms with Gasteiger partial charge in [-0.2, -0.15) is 5.10 Å². The summed E-state index contributed by atoms with van der Waals surface area (Å²) in [5.41, 5.74) is 7.33. The molecule has 9 heteroatoms. The third-order valence-electron chi connectivity index (χ3n) is 5.00. The number of nitrogens with zero attached hydrogens (tertiary/aromatic N) is 3. The second kappa shape index (κ2) is 9.58. The summed E-state index contributed by atoms with van der Waals surface area (Å²) < 4.78 is 27.7. The van der Waals surface area contributed by atoms with E-state index >= 15 is 0 Å². The van der Waals surface area contributed by atoms with E-state index in [2.05, 4.69) is 15.1 Å². The number of halogens is 1. The first-order valence-electron chi connectivity index (χ1n) is 9.88. The Morgan fingerprint density at radius 2 is 1.81 bits per heavy atom. The molecule has 0 saturated heterocycles. The second-order valence-corrected chi connectivity index (χ2v) is 9.83. The summed E-state index contributed by atoms with van der Waals surface area (Å²) in [6.07, 6.45) is 2.59. The molecular formula is C23H25ClN4O3S. The van der Waals surface area contributed by atoms with Crippen LogP contribution < -0.4 is 9.73 Å². The summed E-state index contributed by atoms with van der Waals surface area (Å²) in [6.45, 7) is 5.30. The van der Waals surface area contributed by atoms with Crippen molar-refractivity contribution in [3.8, 4) is 5.69 Å². The average molecular weight is 473 g/mol. The van der Waals surface area contributed by atoms with Crippen molar-refractivity contribution in [2.75, 3.05) is 17.1 Å². The minimum atomic E-state index is -3.71. The van der Waals surface area contributed by atoms with Gasteiger partial charge >= 0.3 is 0 Å². The molecular weight excluding hydrogens is 448 g/mol. The van der Waals surface area contributed by atoms with Crippen molar-refractivity contribution in [2.45, 2.75) is 20.8 Å². The van der Waals surface area contributed by atoms with Crippen LogP contribution in [0.3, 0.4) is 0 Å². The van der Waals surface area contributed by atoms with Crippen molar-refractivity contribution in [2.24, 2.45) is 5.10 Å². The highest BCUT2D eigenvalue weighted by molar-refractivity contribution is 7.92. The summed E-state index contributed by atoms with van der Waals surface area (Å²) in [5, 5.41) is 4.41. The lowest BCUT2D eigenvalue weighted by molar-refractivity contribution is -0.119. The Kier molecular flexibility index (Phi) is 7.06. The Balaban J connectivity index is 1.76. The normalized spacial score (nSPS) is 11.7.